The molecule has 2 aromatic rings. The standard InChI is InChI=1S/C16H17N3O3/c1-10-3-2-4-13(19-10)12-7-5-11(6-8-12)9-22-14(15(17)20)16(18)21/h2-8,14H,9H2,1H3,(H2,17,20)(H2,18,21). The topological polar surface area (TPSA) is 108 Å². The first-order chi connectivity index (χ1) is 10.5. The maximum atomic E-state index is 11.0. The van der Waals surface area contributed by atoms with Crippen molar-refractivity contribution in [1.29, 1.82) is 0 Å². The Kier molecular flexibility index (Phi) is 4.85. The lowest BCUT2D eigenvalue weighted by molar-refractivity contribution is -0.142. The summed E-state index contributed by atoms with van der Waals surface area (Å²) in [6.45, 7) is 2.00. The number of carbonyl (C=O) groups is 2. The fourth-order valence-electron chi connectivity index (χ4n) is 1.96. The Labute approximate surface area is 128 Å². The molecule has 2 rings (SSSR count). The summed E-state index contributed by atoms with van der Waals surface area (Å²) in [5, 5.41) is 0. The Morgan fingerprint density at radius 2 is 1.73 bits per heavy atom. The summed E-state index contributed by atoms with van der Waals surface area (Å²) in [5.74, 6) is -1.79. The van der Waals surface area contributed by atoms with Crippen LogP contribution < -0.4 is 11.5 Å². The van der Waals surface area contributed by atoms with Gasteiger partial charge in [-0.25, -0.2) is 0 Å². The summed E-state index contributed by atoms with van der Waals surface area (Å²) >= 11 is 0. The molecule has 0 bridgehead atoms. The highest BCUT2D eigenvalue weighted by atomic mass is 16.5. The minimum Gasteiger partial charge on any atom is -0.367 e. The molecule has 1 aromatic heterocycles. The molecule has 1 heterocycles. The molecule has 22 heavy (non-hydrogen) atoms. The molecular formula is C16H17N3O3. The van der Waals surface area contributed by atoms with E-state index in [9.17, 15) is 9.59 Å². The second-order valence-corrected chi connectivity index (χ2v) is 4.86. The number of carbonyl (C=O) groups excluding carboxylic acids is 2. The number of hydrogen-bond acceptors (Lipinski definition) is 4. The monoisotopic (exact) mass is 299 g/mol. The lowest BCUT2D eigenvalue weighted by Crippen LogP contribution is -2.42. The van der Waals surface area contributed by atoms with E-state index in [1.54, 1.807) is 0 Å². The maximum absolute atomic E-state index is 11.0. The molecule has 0 aliphatic heterocycles. The summed E-state index contributed by atoms with van der Waals surface area (Å²) in [4.78, 5) is 26.5. The quantitative estimate of drug-likeness (QED) is 0.773. The third kappa shape index (κ3) is 3.89. The van der Waals surface area contributed by atoms with Crippen LogP contribution in [0.4, 0.5) is 0 Å². The van der Waals surface area contributed by atoms with Crippen molar-refractivity contribution in [2.75, 3.05) is 0 Å². The molecule has 0 aliphatic carbocycles. The van der Waals surface area contributed by atoms with Crippen molar-refractivity contribution in [1.82, 2.24) is 4.98 Å². The third-order valence-electron chi connectivity index (χ3n) is 3.07. The summed E-state index contributed by atoms with van der Waals surface area (Å²) in [6, 6.07) is 13.2. The van der Waals surface area contributed by atoms with E-state index in [2.05, 4.69) is 4.98 Å². The number of ether oxygens (including phenoxy) is 1. The molecule has 0 unspecified atom stereocenters. The van der Waals surface area contributed by atoms with E-state index in [1.807, 2.05) is 49.4 Å². The summed E-state index contributed by atoms with van der Waals surface area (Å²) in [7, 11) is 0. The maximum Gasteiger partial charge on any atom is 0.256 e. The molecule has 4 N–H and O–H groups in total. The fraction of sp³-hybridized carbons (Fsp3) is 0.188. The zero-order valence-corrected chi connectivity index (χ0v) is 12.2. The summed E-state index contributed by atoms with van der Waals surface area (Å²) in [6.07, 6.45) is -1.42. The number of aryl methyl sites for hydroxylation is 1. The van der Waals surface area contributed by atoms with Gasteiger partial charge in [0, 0.05) is 11.3 Å². The van der Waals surface area contributed by atoms with E-state index in [-0.39, 0.29) is 6.61 Å². The van der Waals surface area contributed by atoms with E-state index in [4.69, 9.17) is 16.2 Å². The fourth-order valence-corrected chi connectivity index (χ4v) is 1.96. The number of benzene rings is 1. The first kappa shape index (κ1) is 15.7. The molecule has 6 nitrogen and oxygen atoms in total. The number of amides is 2. The highest BCUT2D eigenvalue weighted by Gasteiger charge is 2.22. The Balaban J connectivity index is 2.06. The molecule has 0 saturated heterocycles. The van der Waals surface area contributed by atoms with Crippen molar-refractivity contribution in [3.05, 3.63) is 53.7 Å². The van der Waals surface area contributed by atoms with E-state index in [0.717, 1.165) is 22.5 Å². The van der Waals surface area contributed by atoms with Crippen molar-refractivity contribution >= 4 is 11.8 Å². The smallest absolute Gasteiger partial charge is 0.256 e. The van der Waals surface area contributed by atoms with E-state index < -0.39 is 17.9 Å². The van der Waals surface area contributed by atoms with Gasteiger partial charge in [-0.3, -0.25) is 14.6 Å². The molecule has 0 radical (unpaired) electrons. The van der Waals surface area contributed by atoms with Crippen LogP contribution >= 0.6 is 0 Å². The van der Waals surface area contributed by atoms with E-state index >= 15 is 0 Å². The molecule has 0 fully saturated rings. The first-order valence-electron chi connectivity index (χ1n) is 6.70. The molecule has 114 valence electrons. The first-order valence-corrected chi connectivity index (χ1v) is 6.70. The van der Waals surface area contributed by atoms with Crippen LogP contribution in [-0.4, -0.2) is 22.9 Å². The van der Waals surface area contributed by atoms with Gasteiger partial charge in [0.05, 0.1) is 12.3 Å². The van der Waals surface area contributed by atoms with Gasteiger partial charge in [-0.05, 0) is 24.6 Å². The zero-order chi connectivity index (χ0) is 16.1. The van der Waals surface area contributed by atoms with Crippen LogP contribution in [0.3, 0.4) is 0 Å². The summed E-state index contributed by atoms with van der Waals surface area (Å²) < 4.78 is 5.15. The molecule has 6 heteroatoms. The van der Waals surface area contributed by atoms with Gasteiger partial charge in [-0.2, -0.15) is 0 Å². The average molecular weight is 299 g/mol. The van der Waals surface area contributed by atoms with Crippen LogP contribution in [0, 0.1) is 6.92 Å². The number of hydrogen-bond donors (Lipinski definition) is 2. The summed E-state index contributed by atoms with van der Waals surface area (Å²) in [5.41, 5.74) is 13.7. The highest BCUT2D eigenvalue weighted by Crippen LogP contribution is 2.18. The number of primary amides is 2. The lowest BCUT2D eigenvalue weighted by Gasteiger charge is -2.11. The van der Waals surface area contributed by atoms with Gasteiger partial charge >= 0.3 is 0 Å². The Bertz CT molecular complexity index is 669. The Morgan fingerprint density at radius 1 is 1.09 bits per heavy atom. The lowest BCUT2D eigenvalue weighted by atomic mass is 10.1. The number of aromatic nitrogens is 1. The normalized spacial score (nSPS) is 10.6. The molecule has 1 aromatic carbocycles. The number of nitrogens with zero attached hydrogens (tertiary/aromatic N) is 1. The van der Waals surface area contributed by atoms with Crippen molar-refractivity contribution in [3.63, 3.8) is 0 Å². The van der Waals surface area contributed by atoms with Gasteiger partial charge in [-0.15, -0.1) is 0 Å². The zero-order valence-electron chi connectivity index (χ0n) is 12.2. The van der Waals surface area contributed by atoms with Gasteiger partial charge in [-0.1, -0.05) is 30.3 Å². The third-order valence-corrected chi connectivity index (χ3v) is 3.07. The minimum atomic E-state index is -1.42. The van der Waals surface area contributed by atoms with Crippen molar-refractivity contribution < 1.29 is 14.3 Å². The molecule has 0 saturated carbocycles. The van der Waals surface area contributed by atoms with Gasteiger partial charge in [0.25, 0.3) is 11.8 Å². The Hall–Kier alpha value is -2.73. The van der Waals surface area contributed by atoms with Crippen LogP contribution in [0.1, 0.15) is 11.3 Å². The predicted octanol–water partition coefficient (Wildman–Crippen LogP) is 0.913. The molecule has 0 aliphatic rings. The molecule has 0 atom stereocenters. The molecular weight excluding hydrogens is 282 g/mol. The van der Waals surface area contributed by atoms with Crippen LogP contribution in [0.5, 0.6) is 0 Å². The Morgan fingerprint density at radius 3 is 2.27 bits per heavy atom. The highest BCUT2D eigenvalue weighted by molar-refractivity contribution is 6.01. The number of rotatable bonds is 6. The van der Waals surface area contributed by atoms with Gasteiger partial charge in [0.15, 0.2) is 0 Å². The minimum absolute atomic E-state index is 0.0675. The van der Waals surface area contributed by atoms with E-state index in [0.29, 0.717) is 0 Å². The molecule has 2 amide bonds. The van der Waals surface area contributed by atoms with Gasteiger partial charge in [0.1, 0.15) is 0 Å². The van der Waals surface area contributed by atoms with Gasteiger partial charge in [0.2, 0.25) is 6.10 Å². The predicted molar refractivity (Wildman–Crippen MR) is 81.4 cm³/mol. The van der Waals surface area contributed by atoms with Crippen LogP contribution in [0.25, 0.3) is 11.3 Å². The van der Waals surface area contributed by atoms with Gasteiger partial charge < -0.3 is 16.2 Å². The number of pyridine rings is 1. The second-order valence-electron chi connectivity index (χ2n) is 4.86. The largest absolute Gasteiger partial charge is 0.367 e. The van der Waals surface area contributed by atoms with Crippen molar-refractivity contribution in [2.45, 2.75) is 19.6 Å². The van der Waals surface area contributed by atoms with Crippen LogP contribution in [-0.2, 0) is 20.9 Å². The van der Waals surface area contributed by atoms with Crippen molar-refractivity contribution in [3.8, 4) is 11.3 Å². The number of nitrogens with two attached hydrogens (primary N) is 2. The molecule has 0 spiro atoms. The van der Waals surface area contributed by atoms with E-state index in [1.165, 1.54) is 0 Å². The van der Waals surface area contributed by atoms with Crippen molar-refractivity contribution in [2.24, 2.45) is 11.5 Å². The van der Waals surface area contributed by atoms with Crippen LogP contribution in [0.15, 0.2) is 42.5 Å². The van der Waals surface area contributed by atoms with Crippen LogP contribution in [0.2, 0.25) is 0 Å². The SMILES string of the molecule is Cc1cccc(-c2ccc(COC(C(N)=O)C(N)=O)cc2)n1. The average Bonchev–Trinajstić information content (AvgIpc) is 2.47. The second kappa shape index (κ2) is 6.82.